The van der Waals surface area contributed by atoms with Crippen LogP contribution in [0.3, 0.4) is 0 Å². The molecule has 4 unspecified atom stereocenters. The summed E-state index contributed by atoms with van der Waals surface area (Å²) in [7, 11) is 0. The monoisotopic (exact) mass is 186 g/mol. The van der Waals surface area contributed by atoms with Crippen molar-refractivity contribution in [2.45, 2.75) is 18.2 Å². The molecule has 0 heterocycles. The van der Waals surface area contributed by atoms with E-state index >= 15 is 0 Å². The summed E-state index contributed by atoms with van der Waals surface area (Å²) >= 11 is 6.10. The Kier molecular flexibility index (Phi) is 1.87. The van der Waals surface area contributed by atoms with Crippen molar-refractivity contribution in [2.75, 3.05) is 0 Å². The Morgan fingerprint density at radius 2 is 2.17 bits per heavy atom. The van der Waals surface area contributed by atoms with Gasteiger partial charge in [-0.05, 0) is 24.2 Å². The maximum Gasteiger partial charge on any atom is 0.303 e. The lowest BCUT2D eigenvalue weighted by molar-refractivity contribution is -0.138. The van der Waals surface area contributed by atoms with E-state index in [4.69, 9.17) is 16.7 Å². The van der Waals surface area contributed by atoms with Crippen LogP contribution in [0, 0.1) is 17.8 Å². The third-order valence-corrected chi connectivity index (χ3v) is 3.58. The number of halogens is 1. The molecule has 0 spiro atoms. The maximum atomic E-state index is 10.5. The molecule has 2 rings (SSSR count). The highest BCUT2D eigenvalue weighted by Crippen LogP contribution is 2.47. The molecule has 2 aliphatic carbocycles. The van der Waals surface area contributed by atoms with Gasteiger partial charge in [0.1, 0.15) is 0 Å². The SMILES string of the molecule is O=C(O)CC1C2C=CC(C2)C1Cl. The molecule has 0 aliphatic heterocycles. The Labute approximate surface area is 76.2 Å². The lowest BCUT2D eigenvalue weighted by Gasteiger charge is -2.20. The fourth-order valence-corrected chi connectivity index (χ4v) is 2.79. The van der Waals surface area contributed by atoms with Crippen molar-refractivity contribution in [3.63, 3.8) is 0 Å². The zero-order valence-electron chi connectivity index (χ0n) is 6.61. The molecule has 66 valence electrons. The fourth-order valence-electron chi connectivity index (χ4n) is 2.33. The van der Waals surface area contributed by atoms with Crippen molar-refractivity contribution in [3.8, 4) is 0 Å². The number of carboxylic acid groups (broad SMARTS) is 1. The summed E-state index contributed by atoms with van der Waals surface area (Å²) in [4.78, 5) is 10.5. The van der Waals surface area contributed by atoms with Gasteiger partial charge >= 0.3 is 5.97 Å². The Balaban J connectivity index is 2.08. The highest BCUT2D eigenvalue weighted by molar-refractivity contribution is 6.21. The third-order valence-electron chi connectivity index (χ3n) is 2.93. The predicted molar refractivity (Wildman–Crippen MR) is 46.1 cm³/mol. The highest BCUT2D eigenvalue weighted by Gasteiger charge is 2.44. The molecule has 0 amide bonds. The Morgan fingerprint density at radius 1 is 1.50 bits per heavy atom. The van der Waals surface area contributed by atoms with Crippen LogP contribution < -0.4 is 0 Å². The topological polar surface area (TPSA) is 37.3 Å². The molecule has 1 N–H and O–H groups in total. The van der Waals surface area contributed by atoms with E-state index < -0.39 is 5.97 Å². The van der Waals surface area contributed by atoms with E-state index in [1.54, 1.807) is 0 Å². The first-order chi connectivity index (χ1) is 5.68. The van der Waals surface area contributed by atoms with Gasteiger partial charge in [0.05, 0.1) is 6.42 Å². The minimum Gasteiger partial charge on any atom is -0.481 e. The molecule has 0 radical (unpaired) electrons. The number of hydrogen-bond acceptors (Lipinski definition) is 1. The Bertz CT molecular complexity index is 237. The molecule has 2 bridgehead atoms. The van der Waals surface area contributed by atoms with Gasteiger partial charge in [-0.25, -0.2) is 0 Å². The number of hydrogen-bond donors (Lipinski definition) is 1. The smallest absolute Gasteiger partial charge is 0.303 e. The molecular weight excluding hydrogens is 176 g/mol. The molecule has 2 nitrogen and oxygen atoms in total. The second-order valence-corrected chi connectivity index (χ2v) is 4.16. The van der Waals surface area contributed by atoms with Crippen LogP contribution >= 0.6 is 11.6 Å². The van der Waals surface area contributed by atoms with Gasteiger partial charge in [-0.1, -0.05) is 12.2 Å². The van der Waals surface area contributed by atoms with Gasteiger partial charge in [0.25, 0.3) is 0 Å². The maximum absolute atomic E-state index is 10.5. The zero-order chi connectivity index (χ0) is 8.72. The molecule has 0 saturated heterocycles. The van der Waals surface area contributed by atoms with Crippen molar-refractivity contribution < 1.29 is 9.90 Å². The second kappa shape index (κ2) is 2.77. The van der Waals surface area contributed by atoms with Gasteiger partial charge in [-0.3, -0.25) is 4.79 Å². The number of aliphatic carboxylic acids is 1. The summed E-state index contributed by atoms with van der Waals surface area (Å²) in [5.74, 6) is 0.292. The molecule has 0 aromatic carbocycles. The van der Waals surface area contributed by atoms with E-state index in [0.717, 1.165) is 6.42 Å². The van der Waals surface area contributed by atoms with Crippen LogP contribution in [0.5, 0.6) is 0 Å². The summed E-state index contributed by atoms with van der Waals surface area (Å²) < 4.78 is 0. The molecule has 3 heteroatoms. The summed E-state index contributed by atoms with van der Waals surface area (Å²) in [5, 5.41) is 8.69. The average molecular weight is 187 g/mol. The van der Waals surface area contributed by atoms with Crippen LogP contribution in [0.2, 0.25) is 0 Å². The standard InChI is InChI=1S/C9H11ClO2/c10-9-6-2-1-5(3-6)7(9)4-8(11)12/h1-2,5-7,9H,3-4H2,(H,11,12). The van der Waals surface area contributed by atoms with Gasteiger partial charge < -0.3 is 5.11 Å². The van der Waals surface area contributed by atoms with Crippen molar-refractivity contribution >= 4 is 17.6 Å². The number of alkyl halides is 1. The molecule has 1 fully saturated rings. The van der Waals surface area contributed by atoms with Gasteiger partial charge in [0.15, 0.2) is 0 Å². The van der Waals surface area contributed by atoms with Crippen LogP contribution in [-0.4, -0.2) is 16.5 Å². The lowest BCUT2D eigenvalue weighted by Crippen LogP contribution is -2.22. The van der Waals surface area contributed by atoms with Crippen molar-refractivity contribution in [2.24, 2.45) is 17.8 Å². The molecule has 2 aliphatic rings. The largest absolute Gasteiger partial charge is 0.481 e. The van der Waals surface area contributed by atoms with Crippen molar-refractivity contribution in [3.05, 3.63) is 12.2 Å². The van der Waals surface area contributed by atoms with E-state index in [2.05, 4.69) is 12.2 Å². The Hall–Kier alpha value is -0.500. The Morgan fingerprint density at radius 3 is 2.67 bits per heavy atom. The minimum atomic E-state index is -0.730. The first kappa shape index (κ1) is 8.11. The van der Waals surface area contributed by atoms with E-state index in [-0.39, 0.29) is 17.7 Å². The van der Waals surface area contributed by atoms with Crippen LogP contribution in [0.25, 0.3) is 0 Å². The number of rotatable bonds is 2. The summed E-state index contributed by atoms with van der Waals surface area (Å²) in [6.45, 7) is 0. The van der Waals surface area contributed by atoms with E-state index in [1.807, 2.05) is 0 Å². The first-order valence-electron chi connectivity index (χ1n) is 4.22. The minimum absolute atomic E-state index is 0.0519. The zero-order valence-corrected chi connectivity index (χ0v) is 7.37. The van der Waals surface area contributed by atoms with Gasteiger partial charge in [-0.2, -0.15) is 0 Å². The summed E-state index contributed by atoms with van der Waals surface area (Å²) in [6.07, 6.45) is 5.53. The number of carboxylic acids is 1. The molecule has 0 aromatic rings. The number of fused-ring (bicyclic) bond motifs is 2. The third kappa shape index (κ3) is 1.14. The average Bonchev–Trinajstić information content (AvgIpc) is 2.53. The van der Waals surface area contributed by atoms with E-state index in [9.17, 15) is 4.79 Å². The van der Waals surface area contributed by atoms with Gasteiger partial charge in [0.2, 0.25) is 0 Å². The van der Waals surface area contributed by atoms with Gasteiger partial charge in [0, 0.05) is 5.38 Å². The number of allylic oxidation sites excluding steroid dienone is 2. The van der Waals surface area contributed by atoms with Crippen LogP contribution in [0.4, 0.5) is 0 Å². The van der Waals surface area contributed by atoms with Crippen LogP contribution in [-0.2, 0) is 4.79 Å². The van der Waals surface area contributed by atoms with Gasteiger partial charge in [-0.15, -0.1) is 11.6 Å². The second-order valence-electron chi connectivity index (χ2n) is 3.65. The van der Waals surface area contributed by atoms with Crippen LogP contribution in [0.1, 0.15) is 12.8 Å². The fraction of sp³-hybridized carbons (Fsp3) is 0.667. The van der Waals surface area contributed by atoms with E-state index in [0.29, 0.717) is 11.8 Å². The first-order valence-corrected chi connectivity index (χ1v) is 4.66. The quantitative estimate of drug-likeness (QED) is 0.528. The molecule has 12 heavy (non-hydrogen) atoms. The normalized spacial score (nSPS) is 43.8. The molecule has 4 atom stereocenters. The molecule has 0 aromatic heterocycles. The molecule has 1 saturated carbocycles. The highest BCUT2D eigenvalue weighted by atomic mass is 35.5. The van der Waals surface area contributed by atoms with Crippen molar-refractivity contribution in [1.82, 2.24) is 0 Å². The van der Waals surface area contributed by atoms with Crippen LogP contribution in [0.15, 0.2) is 12.2 Å². The summed E-state index contributed by atoms with van der Waals surface area (Å²) in [5.41, 5.74) is 0. The van der Waals surface area contributed by atoms with Crippen molar-refractivity contribution in [1.29, 1.82) is 0 Å². The predicted octanol–water partition coefficient (Wildman–Crippen LogP) is 1.89. The number of carbonyl (C=O) groups is 1. The summed E-state index contributed by atoms with van der Waals surface area (Å²) in [6, 6.07) is 0. The lowest BCUT2D eigenvalue weighted by atomic mass is 9.90. The molecular formula is C9H11ClO2. The van der Waals surface area contributed by atoms with E-state index in [1.165, 1.54) is 0 Å².